The highest BCUT2D eigenvalue weighted by molar-refractivity contribution is 7.25. The van der Waals surface area contributed by atoms with E-state index in [4.69, 9.17) is 15.0 Å². The van der Waals surface area contributed by atoms with Crippen LogP contribution in [0.2, 0.25) is 0 Å². The van der Waals surface area contributed by atoms with Gasteiger partial charge in [-0.1, -0.05) is 109 Å². The van der Waals surface area contributed by atoms with Crippen molar-refractivity contribution in [3.05, 3.63) is 232 Å². The van der Waals surface area contributed by atoms with Crippen LogP contribution in [0.15, 0.2) is 232 Å². The molecule has 12 aromatic rings. The summed E-state index contributed by atoms with van der Waals surface area (Å²) in [6.45, 7) is 6.00. The lowest BCUT2D eigenvalue weighted by atomic mass is 9.94. The summed E-state index contributed by atoms with van der Waals surface area (Å²) in [4.78, 5) is 14.2. The number of aromatic nitrogens is 4. The second kappa shape index (κ2) is 16.6. The summed E-state index contributed by atoms with van der Waals surface area (Å²) in [6.07, 6.45) is 5.59. The van der Waals surface area contributed by atoms with Gasteiger partial charge in [0.15, 0.2) is 0 Å². The van der Waals surface area contributed by atoms with Gasteiger partial charge in [-0.05, 0) is 124 Å². The molecular formula is C59H40N4S. The predicted octanol–water partition coefficient (Wildman–Crippen LogP) is 16.1. The van der Waals surface area contributed by atoms with Gasteiger partial charge in [0.2, 0.25) is 0 Å². The Kier molecular flexibility index (Phi) is 10.00. The van der Waals surface area contributed by atoms with Crippen molar-refractivity contribution >= 4 is 53.3 Å². The van der Waals surface area contributed by atoms with E-state index in [9.17, 15) is 0 Å². The third kappa shape index (κ3) is 6.76. The van der Waals surface area contributed by atoms with E-state index in [1.165, 1.54) is 42.1 Å². The highest BCUT2D eigenvalue weighted by Gasteiger charge is 2.19. The number of rotatable bonds is 7. The second-order valence-corrected chi connectivity index (χ2v) is 16.7. The molecule has 5 heterocycles. The molecule has 0 atom stereocenters. The number of thiophene rings is 1. The van der Waals surface area contributed by atoms with Gasteiger partial charge in [-0.3, -0.25) is 15.0 Å². The molecule has 0 saturated carbocycles. The van der Waals surface area contributed by atoms with Gasteiger partial charge in [0, 0.05) is 71.9 Å². The zero-order valence-corrected chi connectivity index (χ0v) is 35.7. The van der Waals surface area contributed by atoms with Gasteiger partial charge in [-0.25, -0.2) is 0 Å². The van der Waals surface area contributed by atoms with E-state index in [1.54, 1.807) is 0 Å². The monoisotopic (exact) mass is 836 g/mol. The smallest absolute Gasteiger partial charge is 0.0708 e. The van der Waals surface area contributed by atoms with Crippen LogP contribution in [0.4, 0.5) is 0 Å². The van der Waals surface area contributed by atoms with Crippen molar-refractivity contribution in [2.24, 2.45) is 0 Å². The van der Waals surface area contributed by atoms with Gasteiger partial charge in [-0.15, -0.1) is 24.5 Å². The fraction of sp³-hybridized carbons (Fsp3) is 0. The number of nitrogens with zero attached hydrogens (tertiary/aromatic N) is 4. The highest BCUT2D eigenvalue weighted by atomic mass is 32.1. The van der Waals surface area contributed by atoms with E-state index in [0.717, 1.165) is 72.7 Å². The summed E-state index contributed by atoms with van der Waals surface area (Å²) in [7, 11) is 0. The summed E-state index contributed by atoms with van der Waals surface area (Å²) in [5, 5.41) is 4.88. The van der Waals surface area contributed by atoms with Crippen molar-refractivity contribution in [1.29, 1.82) is 0 Å². The summed E-state index contributed by atoms with van der Waals surface area (Å²) < 4.78 is 4.98. The van der Waals surface area contributed by atoms with Crippen LogP contribution >= 0.6 is 11.3 Å². The van der Waals surface area contributed by atoms with E-state index in [1.807, 2.05) is 48.1 Å². The fourth-order valence-electron chi connectivity index (χ4n) is 9.15. The Hall–Kier alpha value is -8.25. The maximum absolute atomic E-state index is 4.74. The van der Waals surface area contributed by atoms with Crippen molar-refractivity contribution in [3.8, 4) is 72.8 Å². The zero-order valence-electron chi connectivity index (χ0n) is 34.9. The predicted molar refractivity (Wildman–Crippen MR) is 271 cm³/mol. The first-order valence-electron chi connectivity index (χ1n) is 21.3. The average Bonchev–Trinajstić information content (AvgIpc) is 3.92. The Morgan fingerprint density at radius 3 is 1.11 bits per heavy atom. The normalized spacial score (nSPS) is 11.2. The van der Waals surface area contributed by atoms with E-state index < -0.39 is 0 Å². The summed E-state index contributed by atoms with van der Waals surface area (Å²) in [5.41, 5.74) is 16.6. The van der Waals surface area contributed by atoms with Gasteiger partial charge in [0.1, 0.15) is 0 Å². The fourth-order valence-corrected chi connectivity index (χ4v) is 10.2. The lowest BCUT2D eigenvalue weighted by molar-refractivity contribution is 1.19. The van der Waals surface area contributed by atoms with Gasteiger partial charge >= 0.3 is 0 Å². The largest absolute Gasteiger partial charge is 0.309 e. The molecule has 4 nitrogen and oxygen atoms in total. The molecule has 0 unspecified atom stereocenters. The Labute approximate surface area is 375 Å². The molecule has 0 spiro atoms. The first-order valence-corrected chi connectivity index (χ1v) is 22.1. The Morgan fingerprint density at radius 2 is 0.688 bits per heavy atom. The standard InChI is InChI=1S/C57H36N4S.C2H4/c1-4-16-44(51-19-7-10-30-58-51)41(13-1)37-22-26-54-47(33-37)48-34-38(42-14-2-5-17-45(42)52-20-8-11-31-59-52)23-27-55(48)61(54)40-25-29-57-50(36-40)49-35-39(24-28-56(49)62-57)43-15-3-6-18-46(43)53-21-9-12-32-60-53;1-2/h1-36H;1-2H2. The van der Waals surface area contributed by atoms with E-state index in [2.05, 4.69) is 200 Å². The molecule has 5 heteroatoms. The number of fused-ring (bicyclic) bond motifs is 6. The lowest BCUT2D eigenvalue weighted by Gasteiger charge is -2.12. The van der Waals surface area contributed by atoms with Gasteiger partial charge in [0.05, 0.1) is 28.1 Å². The molecule has 64 heavy (non-hydrogen) atoms. The van der Waals surface area contributed by atoms with Crippen LogP contribution < -0.4 is 0 Å². The molecule has 0 aliphatic heterocycles. The van der Waals surface area contributed by atoms with Crippen molar-refractivity contribution in [3.63, 3.8) is 0 Å². The molecule has 12 rings (SSSR count). The van der Waals surface area contributed by atoms with Crippen LogP contribution in [-0.2, 0) is 0 Å². The topological polar surface area (TPSA) is 43.6 Å². The maximum Gasteiger partial charge on any atom is 0.0708 e. The highest BCUT2D eigenvalue weighted by Crippen LogP contribution is 2.43. The minimum absolute atomic E-state index is 0.957. The van der Waals surface area contributed by atoms with Crippen LogP contribution in [-0.4, -0.2) is 19.5 Å². The summed E-state index contributed by atoms with van der Waals surface area (Å²) in [6, 6.07) is 71.8. The molecule has 0 N–H and O–H groups in total. The molecule has 0 bridgehead atoms. The summed E-state index contributed by atoms with van der Waals surface area (Å²) in [5.74, 6) is 0. The van der Waals surface area contributed by atoms with Crippen LogP contribution in [0, 0.1) is 0 Å². The number of benzene rings is 7. The third-order valence-electron chi connectivity index (χ3n) is 12.0. The third-order valence-corrected chi connectivity index (χ3v) is 13.2. The number of pyridine rings is 3. The van der Waals surface area contributed by atoms with Gasteiger partial charge in [0.25, 0.3) is 0 Å². The van der Waals surface area contributed by atoms with Crippen molar-refractivity contribution in [2.75, 3.05) is 0 Å². The Morgan fingerprint density at radius 1 is 0.328 bits per heavy atom. The van der Waals surface area contributed by atoms with E-state index in [0.29, 0.717) is 0 Å². The van der Waals surface area contributed by atoms with Crippen LogP contribution in [0.1, 0.15) is 0 Å². The lowest BCUT2D eigenvalue weighted by Crippen LogP contribution is -1.94. The summed E-state index contributed by atoms with van der Waals surface area (Å²) >= 11 is 1.85. The van der Waals surface area contributed by atoms with Crippen molar-refractivity contribution in [2.45, 2.75) is 0 Å². The minimum atomic E-state index is 0.957. The number of hydrogen-bond acceptors (Lipinski definition) is 4. The molecule has 5 aromatic heterocycles. The Balaban J connectivity index is 0.00000225. The first-order chi connectivity index (χ1) is 31.7. The molecule has 0 aliphatic carbocycles. The minimum Gasteiger partial charge on any atom is -0.309 e. The average molecular weight is 837 g/mol. The SMILES string of the molecule is C=C.c1ccc(-c2ccccc2-c2ccc3sc4ccc(-n5c6ccc(-c7ccccc7-c7ccccn7)cc6c6cc(-c7ccccc7-c7ccccn7)ccc65)cc4c3c2)nc1. The molecule has 7 aromatic carbocycles. The van der Waals surface area contributed by atoms with Crippen LogP contribution in [0.3, 0.4) is 0 Å². The molecule has 0 fully saturated rings. The molecular weight excluding hydrogens is 797 g/mol. The van der Waals surface area contributed by atoms with Gasteiger partial charge < -0.3 is 4.57 Å². The van der Waals surface area contributed by atoms with Crippen molar-refractivity contribution < 1.29 is 0 Å². The number of hydrogen-bond donors (Lipinski definition) is 0. The van der Waals surface area contributed by atoms with E-state index in [-0.39, 0.29) is 0 Å². The first kappa shape index (κ1) is 38.7. The van der Waals surface area contributed by atoms with Crippen LogP contribution in [0.25, 0.3) is 115 Å². The molecule has 0 radical (unpaired) electrons. The zero-order chi connectivity index (χ0) is 43.0. The molecule has 0 aliphatic rings. The van der Waals surface area contributed by atoms with Crippen LogP contribution in [0.5, 0.6) is 0 Å². The van der Waals surface area contributed by atoms with Gasteiger partial charge in [-0.2, -0.15) is 0 Å². The maximum atomic E-state index is 4.74. The quantitative estimate of drug-likeness (QED) is 0.150. The molecule has 302 valence electrons. The Bertz CT molecular complexity index is 3510. The molecule has 0 amide bonds. The molecule has 0 saturated heterocycles. The van der Waals surface area contributed by atoms with Crippen molar-refractivity contribution in [1.82, 2.24) is 19.5 Å². The second-order valence-electron chi connectivity index (χ2n) is 15.6. The van der Waals surface area contributed by atoms with E-state index >= 15 is 0 Å².